The van der Waals surface area contributed by atoms with Crippen LogP contribution in [-0.2, 0) is 6.18 Å². The van der Waals surface area contributed by atoms with Crippen LogP contribution in [0.25, 0.3) is 0 Å². The van der Waals surface area contributed by atoms with Gasteiger partial charge in [-0.1, -0.05) is 29.8 Å². The van der Waals surface area contributed by atoms with Crippen LogP contribution in [0.4, 0.5) is 18.9 Å². The van der Waals surface area contributed by atoms with Crippen LogP contribution in [0.15, 0.2) is 42.5 Å². The van der Waals surface area contributed by atoms with Crippen molar-refractivity contribution in [1.82, 2.24) is 0 Å². The monoisotopic (exact) mass is 313 g/mol. The first-order valence-electron chi connectivity index (χ1n) is 6.03. The van der Waals surface area contributed by atoms with Crippen LogP contribution in [0.3, 0.4) is 0 Å². The maximum absolute atomic E-state index is 12.9. The fraction of sp³-hybridized carbons (Fsp3) is 0.133. The SMILES string of the molecule is Cc1c(Cl)cccc1NC(=O)c1ccccc1C(F)(F)F. The van der Waals surface area contributed by atoms with E-state index >= 15 is 0 Å². The van der Waals surface area contributed by atoms with Crippen molar-refractivity contribution in [3.8, 4) is 0 Å². The molecule has 110 valence electrons. The summed E-state index contributed by atoms with van der Waals surface area (Å²) in [5.41, 5.74) is -0.423. The van der Waals surface area contributed by atoms with Crippen LogP contribution in [0.5, 0.6) is 0 Å². The lowest BCUT2D eigenvalue weighted by molar-refractivity contribution is -0.137. The molecule has 6 heteroatoms. The Balaban J connectivity index is 2.36. The lowest BCUT2D eigenvalue weighted by Gasteiger charge is -2.14. The fourth-order valence-corrected chi connectivity index (χ4v) is 2.04. The molecule has 0 unspecified atom stereocenters. The fourth-order valence-electron chi connectivity index (χ4n) is 1.86. The zero-order valence-corrected chi connectivity index (χ0v) is 11.7. The number of anilines is 1. The molecule has 2 aromatic rings. The highest BCUT2D eigenvalue weighted by Crippen LogP contribution is 2.32. The Kier molecular flexibility index (Phi) is 4.23. The number of hydrogen-bond donors (Lipinski definition) is 1. The van der Waals surface area contributed by atoms with Crippen LogP contribution in [0, 0.1) is 6.92 Å². The van der Waals surface area contributed by atoms with Crippen LogP contribution in [0.1, 0.15) is 21.5 Å². The summed E-state index contributed by atoms with van der Waals surface area (Å²) < 4.78 is 38.7. The second-order valence-corrected chi connectivity index (χ2v) is 4.82. The average Bonchev–Trinajstić information content (AvgIpc) is 2.43. The van der Waals surface area contributed by atoms with Gasteiger partial charge in [-0.15, -0.1) is 0 Å². The summed E-state index contributed by atoms with van der Waals surface area (Å²) in [6.45, 7) is 1.67. The topological polar surface area (TPSA) is 29.1 Å². The Morgan fingerprint density at radius 3 is 2.43 bits per heavy atom. The summed E-state index contributed by atoms with van der Waals surface area (Å²) in [6.07, 6.45) is -4.59. The molecule has 2 nitrogen and oxygen atoms in total. The first-order chi connectivity index (χ1) is 9.80. The second-order valence-electron chi connectivity index (χ2n) is 4.41. The minimum absolute atomic E-state index is 0.379. The van der Waals surface area contributed by atoms with Crippen molar-refractivity contribution in [2.75, 3.05) is 5.32 Å². The van der Waals surface area contributed by atoms with Crippen LogP contribution in [-0.4, -0.2) is 5.91 Å². The van der Waals surface area contributed by atoms with Crippen molar-refractivity contribution in [3.05, 3.63) is 64.2 Å². The molecule has 0 spiro atoms. The molecular weight excluding hydrogens is 303 g/mol. The quantitative estimate of drug-likeness (QED) is 0.837. The van der Waals surface area contributed by atoms with E-state index in [-0.39, 0.29) is 0 Å². The number of benzene rings is 2. The molecule has 0 aromatic heterocycles. The second kappa shape index (κ2) is 5.77. The Hall–Kier alpha value is -2.01. The third kappa shape index (κ3) is 3.36. The number of alkyl halides is 3. The lowest BCUT2D eigenvalue weighted by Crippen LogP contribution is -2.19. The molecule has 1 N–H and O–H groups in total. The molecule has 0 saturated heterocycles. The Labute approximate surface area is 124 Å². The van der Waals surface area contributed by atoms with E-state index in [0.29, 0.717) is 16.3 Å². The molecule has 0 aliphatic carbocycles. The molecule has 0 fully saturated rings. The Bertz CT molecular complexity index is 683. The van der Waals surface area contributed by atoms with Gasteiger partial charge in [0.25, 0.3) is 5.91 Å². The van der Waals surface area contributed by atoms with Gasteiger partial charge in [0.15, 0.2) is 0 Å². The van der Waals surface area contributed by atoms with Gasteiger partial charge < -0.3 is 5.32 Å². The molecule has 1 amide bonds. The number of nitrogens with one attached hydrogen (secondary N) is 1. The highest BCUT2D eigenvalue weighted by Gasteiger charge is 2.34. The van der Waals surface area contributed by atoms with Crippen molar-refractivity contribution in [2.45, 2.75) is 13.1 Å². The number of rotatable bonds is 2. The highest BCUT2D eigenvalue weighted by atomic mass is 35.5. The highest BCUT2D eigenvalue weighted by molar-refractivity contribution is 6.31. The lowest BCUT2D eigenvalue weighted by atomic mass is 10.1. The normalized spacial score (nSPS) is 11.3. The number of amides is 1. The summed E-state index contributed by atoms with van der Waals surface area (Å²) >= 11 is 5.92. The zero-order valence-electron chi connectivity index (χ0n) is 11.0. The van der Waals surface area contributed by atoms with E-state index in [0.717, 1.165) is 12.1 Å². The van der Waals surface area contributed by atoms with Crippen molar-refractivity contribution in [2.24, 2.45) is 0 Å². The van der Waals surface area contributed by atoms with Gasteiger partial charge in [0, 0.05) is 10.7 Å². The predicted molar refractivity (Wildman–Crippen MR) is 75.6 cm³/mol. The molecule has 0 aliphatic rings. The largest absolute Gasteiger partial charge is 0.417 e. The van der Waals surface area contributed by atoms with Gasteiger partial charge in [0.1, 0.15) is 0 Å². The smallest absolute Gasteiger partial charge is 0.322 e. The van der Waals surface area contributed by atoms with Crippen molar-refractivity contribution in [3.63, 3.8) is 0 Å². The van der Waals surface area contributed by atoms with E-state index in [9.17, 15) is 18.0 Å². The van der Waals surface area contributed by atoms with Crippen molar-refractivity contribution < 1.29 is 18.0 Å². The number of carbonyl (C=O) groups excluding carboxylic acids is 1. The van der Waals surface area contributed by atoms with Crippen LogP contribution >= 0.6 is 11.6 Å². The third-order valence-electron chi connectivity index (χ3n) is 2.99. The third-order valence-corrected chi connectivity index (χ3v) is 3.40. The van der Waals surface area contributed by atoms with E-state index in [1.54, 1.807) is 25.1 Å². The van der Waals surface area contributed by atoms with E-state index < -0.39 is 23.2 Å². The molecule has 2 aromatic carbocycles. The molecule has 0 radical (unpaired) electrons. The summed E-state index contributed by atoms with van der Waals surface area (Å²) in [5, 5.41) is 2.88. The predicted octanol–water partition coefficient (Wildman–Crippen LogP) is 4.92. The maximum Gasteiger partial charge on any atom is 0.417 e. The number of carbonyl (C=O) groups is 1. The number of hydrogen-bond acceptors (Lipinski definition) is 1. The van der Waals surface area contributed by atoms with Crippen LogP contribution in [0.2, 0.25) is 5.02 Å². The molecular formula is C15H11ClF3NO. The van der Waals surface area contributed by atoms with E-state index in [1.165, 1.54) is 12.1 Å². The van der Waals surface area contributed by atoms with Crippen molar-refractivity contribution >= 4 is 23.2 Å². The maximum atomic E-state index is 12.9. The Morgan fingerprint density at radius 1 is 1.10 bits per heavy atom. The standard InChI is InChI=1S/C15H11ClF3NO/c1-9-12(16)7-4-8-13(9)20-14(21)10-5-2-3-6-11(10)15(17,18)19/h2-8H,1H3,(H,20,21). The minimum atomic E-state index is -4.59. The molecule has 0 bridgehead atoms. The average molecular weight is 314 g/mol. The van der Waals surface area contributed by atoms with Gasteiger partial charge in [-0.2, -0.15) is 13.2 Å². The first kappa shape index (κ1) is 15.4. The van der Waals surface area contributed by atoms with Gasteiger partial charge in [-0.25, -0.2) is 0 Å². The summed E-state index contributed by atoms with van der Waals surface area (Å²) in [5.74, 6) is -0.826. The van der Waals surface area contributed by atoms with E-state index in [2.05, 4.69) is 5.32 Å². The molecule has 2 rings (SSSR count). The van der Waals surface area contributed by atoms with E-state index in [4.69, 9.17) is 11.6 Å². The summed E-state index contributed by atoms with van der Waals surface area (Å²) in [4.78, 5) is 12.1. The molecule has 0 saturated carbocycles. The van der Waals surface area contributed by atoms with Gasteiger partial charge in [0.2, 0.25) is 0 Å². The van der Waals surface area contributed by atoms with Gasteiger partial charge in [0.05, 0.1) is 11.1 Å². The molecule has 0 heterocycles. The molecule has 0 atom stereocenters. The summed E-state index contributed by atoms with van der Waals surface area (Å²) in [7, 11) is 0. The zero-order chi connectivity index (χ0) is 15.6. The van der Waals surface area contributed by atoms with Crippen LogP contribution < -0.4 is 5.32 Å². The minimum Gasteiger partial charge on any atom is -0.322 e. The molecule has 21 heavy (non-hydrogen) atoms. The van der Waals surface area contributed by atoms with Gasteiger partial charge in [-0.3, -0.25) is 4.79 Å². The van der Waals surface area contributed by atoms with Gasteiger partial charge >= 0.3 is 6.18 Å². The number of halogens is 4. The molecule has 0 aliphatic heterocycles. The Morgan fingerprint density at radius 2 is 1.76 bits per heavy atom. The summed E-state index contributed by atoms with van der Waals surface area (Å²) in [6, 6.07) is 9.46. The van der Waals surface area contributed by atoms with E-state index in [1.807, 2.05) is 0 Å². The van der Waals surface area contributed by atoms with Crippen molar-refractivity contribution in [1.29, 1.82) is 0 Å². The first-order valence-corrected chi connectivity index (χ1v) is 6.41. The van der Waals surface area contributed by atoms with Gasteiger partial charge in [-0.05, 0) is 36.8 Å².